The fraction of sp³-hybridized carbons (Fsp3) is 0.263. The molecule has 0 spiro atoms. The highest BCUT2D eigenvalue weighted by molar-refractivity contribution is 7.16. The normalized spacial score (nSPS) is 12.0. The summed E-state index contributed by atoms with van der Waals surface area (Å²) in [5.41, 5.74) is 1.88. The summed E-state index contributed by atoms with van der Waals surface area (Å²) in [5, 5.41) is 1.49. The highest BCUT2D eigenvalue weighted by Crippen LogP contribution is 2.28. The van der Waals surface area contributed by atoms with Crippen LogP contribution in [-0.2, 0) is 16.1 Å². The van der Waals surface area contributed by atoms with Gasteiger partial charge in [0.1, 0.15) is 5.75 Å². The average Bonchev–Trinajstić information content (AvgIpc) is 3.00. The van der Waals surface area contributed by atoms with Gasteiger partial charge in [-0.2, -0.15) is 4.99 Å². The molecule has 0 aliphatic heterocycles. The van der Waals surface area contributed by atoms with E-state index in [0.717, 1.165) is 15.8 Å². The van der Waals surface area contributed by atoms with Crippen molar-refractivity contribution in [2.45, 2.75) is 13.5 Å². The molecular formula is C19H17Cl3N2O3S. The van der Waals surface area contributed by atoms with Crippen molar-refractivity contribution in [3.05, 3.63) is 55.8 Å². The zero-order valence-electron chi connectivity index (χ0n) is 15.2. The largest absolute Gasteiger partial charge is 0.482 e. The molecule has 3 aromatic rings. The van der Waals surface area contributed by atoms with Crippen molar-refractivity contribution in [3.8, 4) is 5.75 Å². The number of aryl methyl sites for hydroxylation is 1. The Morgan fingerprint density at radius 1 is 1.18 bits per heavy atom. The van der Waals surface area contributed by atoms with Gasteiger partial charge in [-0.3, -0.25) is 4.79 Å². The molecule has 0 saturated heterocycles. The van der Waals surface area contributed by atoms with Crippen LogP contribution < -0.4 is 9.54 Å². The van der Waals surface area contributed by atoms with E-state index in [4.69, 9.17) is 44.3 Å². The summed E-state index contributed by atoms with van der Waals surface area (Å²) in [5.74, 6) is -0.0478. The summed E-state index contributed by atoms with van der Waals surface area (Å²) in [6, 6.07) is 8.57. The van der Waals surface area contributed by atoms with Gasteiger partial charge in [-0.15, -0.1) is 0 Å². The van der Waals surface area contributed by atoms with Crippen LogP contribution in [0.15, 0.2) is 35.3 Å². The molecule has 0 aliphatic carbocycles. The molecule has 1 heterocycles. The van der Waals surface area contributed by atoms with Crippen LogP contribution in [0.2, 0.25) is 15.1 Å². The minimum Gasteiger partial charge on any atom is -0.482 e. The van der Waals surface area contributed by atoms with Crippen LogP contribution in [0.5, 0.6) is 5.75 Å². The lowest BCUT2D eigenvalue weighted by molar-refractivity contribution is -0.120. The van der Waals surface area contributed by atoms with Gasteiger partial charge in [0.25, 0.3) is 5.91 Å². The third kappa shape index (κ3) is 4.70. The Kier molecular flexibility index (Phi) is 7.01. The lowest BCUT2D eigenvalue weighted by atomic mass is 10.2. The van der Waals surface area contributed by atoms with Crippen molar-refractivity contribution in [1.82, 2.24) is 4.57 Å². The number of aromatic nitrogens is 1. The second-order valence-corrected chi connectivity index (χ2v) is 8.18. The molecule has 1 aromatic heterocycles. The monoisotopic (exact) mass is 458 g/mol. The Hall–Kier alpha value is -1.57. The number of methoxy groups -OCH3 is 1. The van der Waals surface area contributed by atoms with Crippen LogP contribution in [0, 0.1) is 6.92 Å². The van der Waals surface area contributed by atoms with Crippen LogP contribution in [0.1, 0.15) is 5.56 Å². The van der Waals surface area contributed by atoms with Crippen molar-refractivity contribution in [3.63, 3.8) is 0 Å². The van der Waals surface area contributed by atoms with Gasteiger partial charge in [0.2, 0.25) is 0 Å². The summed E-state index contributed by atoms with van der Waals surface area (Å²) in [6.45, 7) is 2.74. The fourth-order valence-corrected chi connectivity index (χ4v) is 4.41. The van der Waals surface area contributed by atoms with Crippen LogP contribution in [0.25, 0.3) is 10.2 Å². The Labute approximate surface area is 181 Å². The first-order chi connectivity index (χ1) is 13.4. The molecule has 0 unspecified atom stereocenters. The Morgan fingerprint density at radius 3 is 2.68 bits per heavy atom. The van der Waals surface area contributed by atoms with Crippen LogP contribution >= 0.6 is 46.1 Å². The first kappa shape index (κ1) is 21.1. The van der Waals surface area contributed by atoms with E-state index < -0.39 is 5.91 Å². The van der Waals surface area contributed by atoms with E-state index in [1.165, 1.54) is 11.3 Å². The molecular weight excluding hydrogens is 443 g/mol. The van der Waals surface area contributed by atoms with Crippen molar-refractivity contribution in [2.75, 3.05) is 20.3 Å². The standard InChI is InChI=1S/C19H17Cl3N2O3S/c1-11-13(21)4-6-16-18(11)24(7-8-26-2)19(28-16)23-17(25)10-27-15-5-3-12(20)9-14(15)22/h3-6,9H,7-8,10H2,1-2H3. The van der Waals surface area contributed by atoms with Crippen molar-refractivity contribution in [1.29, 1.82) is 0 Å². The number of rotatable bonds is 6. The minimum atomic E-state index is -0.424. The van der Waals surface area contributed by atoms with E-state index in [0.29, 0.717) is 38.8 Å². The summed E-state index contributed by atoms with van der Waals surface area (Å²) in [4.78, 5) is 17.2. The molecule has 0 atom stereocenters. The zero-order valence-corrected chi connectivity index (χ0v) is 18.3. The molecule has 9 heteroatoms. The van der Waals surface area contributed by atoms with Crippen molar-refractivity contribution < 1.29 is 14.3 Å². The van der Waals surface area contributed by atoms with Crippen LogP contribution in [-0.4, -0.2) is 30.8 Å². The molecule has 0 fully saturated rings. The minimum absolute atomic E-state index is 0.236. The number of carbonyl (C=O) groups is 1. The third-order valence-electron chi connectivity index (χ3n) is 4.01. The summed E-state index contributed by atoms with van der Waals surface area (Å²) in [7, 11) is 1.63. The molecule has 0 bridgehead atoms. The van der Waals surface area contributed by atoms with Gasteiger partial charge in [0.05, 0.1) is 21.8 Å². The molecule has 5 nitrogen and oxygen atoms in total. The van der Waals surface area contributed by atoms with E-state index in [2.05, 4.69) is 4.99 Å². The second-order valence-electron chi connectivity index (χ2n) is 5.92. The quantitative estimate of drug-likeness (QED) is 0.514. The van der Waals surface area contributed by atoms with Gasteiger partial charge in [0, 0.05) is 23.7 Å². The first-order valence-electron chi connectivity index (χ1n) is 8.33. The van der Waals surface area contributed by atoms with Gasteiger partial charge in [-0.25, -0.2) is 0 Å². The smallest absolute Gasteiger partial charge is 0.286 e. The fourth-order valence-electron chi connectivity index (χ4n) is 2.66. The van der Waals surface area contributed by atoms with Gasteiger partial charge >= 0.3 is 0 Å². The lowest BCUT2D eigenvalue weighted by Crippen LogP contribution is -2.21. The number of ether oxygens (including phenoxy) is 2. The van der Waals surface area contributed by atoms with Gasteiger partial charge in [-0.05, 0) is 42.8 Å². The molecule has 3 rings (SSSR count). The van der Waals surface area contributed by atoms with E-state index in [-0.39, 0.29) is 6.61 Å². The number of fused-ring (bicyclic) bond motifs is 1. The summed E-state index contributed by atoms with van der Waals surface area (Å²) in [6.07, 6.45) is 0. The SMILES string of the molecule is COCCn1c(=NC(=O)COc2ccc(Cl)cc2Cl)sc2ccc(Cl)c(C)c21. The molecule has 148 valence electrons. The number of benzene rings is 2. The predicted molar refractivity (Wildman–Crippen MR) is 114 cm³/mol. The topological polar surface area (TPSA) is 52.8 Å². The number of thiazole rings is 1. The van der Waals surface area contributed by atoms with Crippen LogP contribution in [0.3, 0.4) is 0 Å². The number of amides is 1. The lowest BCUT2D eigenvalue weighted by Gasteiger charge is -2.08. The number of nitrogens with zero attached hydrogens (tertiary/aromatic N) is 2. The van der Waals surface area contributed by atoms with Crippen molar-refractivity contribution >= 4 is 62.3 Å². The molecule has 0 N–H and O–H groups in total. The molecule has 1 amide bonds. The first-order valence-corrected chi connectivity index (χ1v) is 10.3. The Bertz CT molecular complexity index is 1090. The van der Waals surface area contributed by atoms with E-state index in [1.54, 1.807) is 25.3 Å². The van der Waals surface area contributed by atoms with Crippen molar-refractivity contribution in [2.24, 2.45) is 4.99 Å². The number of hydrogen-bond donors (Lipinski definition) is 0. The number of halogens is 3. The van der Waals surface area contributed by atoms with Crippen LogP contribution in [0.4, 0.5) is 0 Å². The second kappa shape index (κ2) is 9.29. The molecule has 28 heavy (non-hydrogen) atoms. The number of hydrogen-bond acceptors (Lipinski definition) is 4. The van der Waals surface area contributed by atoms with E-state index in [1.807, 2.05) is 23.6 Å². The molecule has 0 aliphatic rings. The Morgan fingerprint density at radius 2 is 1.96 bits per heavy atom. The molecule has 0 radical (unpaired) electrons. The molecule has 0 saturated carbocycles. The highest BCUT2D eigenvalue weighted by Gasteiger charge is 2.13. The third-order valence-corrected chi connectivity index (χ3v) is 6.00. The van der Waals surface area contributed by atoms with Gasteiger partial charge < -0.3 is 14.0 Å². The predicted octanol–water partition coefficient (Wildman–Crippen LogP) is 5.12. The maximum absolute atomic E-state index is 12.4. The number of carbonyl (C=O) groups excluding carboxylic acids is 1. The van der Waals surface area contributed by atoms with Gasteiger partial charge in [-0.1, -0.05) is 46.1 Å². The summed E-state index contributed by atoms with van der Waals surface area (Å²) >= 11 is 19.6. The maximum Gasteiger partial charge on any atom is 0.286 e. The average molecular weight is 460 g/mol. The zero-order chi connectivity index (χ0) is 20.3. The van der Waals surface area contributed by atoms with Gasteiger partial charge in [0.15, 0.2) is 11.4 Å². The van der Waals surface area contributed by atoms with E-state index >= 15 is 0 Å². The highest BCUT2D eigenvalue weighted by atomic mass is 35.5. The van der Waals surface area contributed by atoms with E-state index in [9.17, 15) is 4.79 Å². The molecule has 2 aromatic carbocycles. The maximum atomic E-state index is 12.4. The summed E-state index contributed by atoms with van der Waals surface area (Å²) < 4.78 is 13.6. The Balaban J connectivity index is 1.91.